The maximum Gasteiger partial charge on any atom is 0.166 e. The molecule has 1 fully saturated rings. The zero-order chi connectivity index (χ0) is 16.2. The molecule has 5 heteroatoms. The van der Waals surface area contributed by atoms with Crippen LogP contribution < -0.4 is 20.1 Å². The molecule has 2 aliphatic carbocycles. The molecule has 3 rings (SSSR count). The lowest BCUT2D eigenvalue weighted by atomic mass is 10.0. The van der Waals surface area contributed by atoms with Crippen LogP contribution in [-0.2, 0) is 6.42 Å². The quantitative estimate of drug-likeness (QED) is 0.619. The minimum atomic E-state index is 0.506. The van der Waals surface area contributed by atoms with Gasteiger partial charge < -0.3 is 20.1 Å². The third-order valence-electron chi connectivity index (χ3n) is 4.74. The lowest BCUT2D eigenvalue weighted by Crippen LogP contribution is -2.44. The molecule has 0 amide bonds. The monoisotopic (exact) mass is 332 g/mol. The minimum absolute atomic E-state index is 0.506. The third-order valence-corrected chi connectivity index (χ3v) is 5.00. The standard InChI is InChI=1S/C18H24N2O2S/c1-21-16-6-4-12(11-17(16)22-2)7-8-19-18(23)20-15-10-13-3-5-14(15)9-13/h3-6,11,13-15H,7-10H2,1-2H3,(H2,19,20,23). The summed E-state index contributed by atoms with van der Waals surface area (Å²) in [7, 11) is 3.30. The van der Waals surface area contributed by atoms with Crippen LogP contribution in [0.25, 0.3) is 0 Å². The normalized spacial score (nSPS) is 24.5. The van der Waals surface area contributed by atoms with Gasteiger partial charge >= 0.3 is 0 Å². The van der Waals surface area contributed by atoms with Crippen molar-refractivity contribution in [3.05, 3.63) is 35.9 Å². The lowest BCUT2D eigenvalue weighted by molar-refractivity contribution is 0.354. The minimum Gasteiger partial charge on any atom is -0.493 e. The van der Waals surface area contributed by atoms with Crippen molar-refractivity contribution in [2.75, 3.05) is 20.8 Å². The van der Waals surface area contributed by atoms with E-state index in [2.05, 4.69) is 28.9 Å². The van der Waals surface area contributed by atoms with Crippen LogP contribution >= 0.6 is 12.2 Å². The topological polar surface area (TPSA) is 42.5 Å². The highest BCUT2D eigenvalue weighted by atomic mass is 32.1. The van der Waals surface area contributed by atoms with Crippen LogP contribution in [-0.4, -0.2) is 31.9 Å². The summed E-state index contributed by atoms with van der Waals surface area (Å²) < 4.78 is 10.6. The van der Waals surface area contributed by atoms with Crippen LogP contribution in [0.5, 0.6) is 11.5 Å². The van der Waals surface area contributed by atoms with Gasteiger partial charge in [-0.25, -0.2) is 0 Å². The molecule has 1 saturated carbocycles. The molecule has 1 aromatic rings. The summed E-state index contributed by atoms with van der Waals surface area (Å²) in [5, 5.41) is 7.53. The average molecular weight is 332 g/mol. The van der Waals surface area contributed by atoms with Gasteiger partial charge in [-0.05, 0) is 61.0 Å². The molecule has 2 bridgehead atoms. The van der Waals surface area contributed by atoms with Crippen molar-refractivity contribution in [1.29, 1.82) is 0 Å². The smallest absolute Gasteiger partial charge is 0.166 e. The predicted molar refractivity (Wildman–Crippen MR) is 96.1 cm³/mol. The van der Waals surface area contributed by atoms with Crippen molar-refractivity contribution >= 4 is 17.3 Å². The Balaban J connectivity index is 1.44. The number of methoxy groups -OCH3 is 2. The lowest BCUT2D eigenvalue weighted by Gasteiger charge is -2.22. The summed E-state index contributed by atoms with van der Waals surface area (Å²) in [6.07, 6.45) is 8.05. The molecule has 0 aliphatic heterocycles. The van der Waals surface area contributed by atoms with Crippen molar-refractivity contribution in [2.45, 2.75) is 25.3 Å². The number of benzene rings is 1. The third kappa shape index (κ3) is 3.78. The van der Waals surface area contributed by atoms with Gasteiger partial charge in [0, 0.05) is 12.6 Å². The molecule has 0 spiro atoms. The van der Waals surface area contributed by atoms with Gasteiger partial charge in [0.15, 0.2) is 16.6 Å². The molecule has 124 valence electrons. The summed E-state index contributed by atoms with van der Waals surface area (Å²) in [6, 6.07) is 6.51. The zero-order valence-corrected chi connectivity index (χ0v) is 14.5. The molecule has 0 radical (unpaired) electrons. The van der Waals surface area contributed by atoms with Gasteiger partial charge in [-0.1, -0.05) is 18.2 Å². The SMILES string of the molecule is COc1ccc(CCNC(=S)NC2CC3C=CC2C3)cc1OC. The number of nitrogens with one attached hydrogen (secondary N) is 2. The van der Waals surface area contributed by atoms with Crippen molar-refractivity contribution in [2.24, 2.45) is 11.8 Å². The van der Waals surface area contributed by atoms with Crippen molar-refractivity contribution in [1.82, 2.24) is 10.6 Å². The fourth-order valence-corrected chi connectivity index (χ4v) is 3.78. The Kier molecular flexibility index (Phi) is 5.06. The fourth-order valence-electron chi connectivity index (χ4n) is 3.52. The molecular weight excluding hydrogens is 308 g/mol. The zero-order valence-electron chi connectivity index (χ0n) is 13.7. The van der Waals surface area contributed by atoms with Gasteiger partial charge in [0.05, 0.1) is 14.2 Å². The van der Waals surface area contributed by atoms with E-state index >= 15 is 0 Å². The Hall–Kier alpha value is -1.75. The van der Waals surface area contributed by atoms with Crippen LogP contribution in [0.15, 0.2) is 30.4 Å². The van der Waals surface area contributed by atoms with Crippen LogP contribution in [0.4, 0.5) is 0 Å². The largest absolute Gasteiger partial charge is 0.493 e. The van der Waals surface area contributed by atoms with Gasteiger partial charge in [0.2, 0.25) is 0 Å². The predicted octanol–water partition coefficient (Wildman–Crippen LogP) is 2.68. The number of rotatable bonds is 6. The van der Waals surface area contributed by atoms with E-state index in [0.717, 1.165) is 35.5 Å². The van der Waals surface area contributed by atoms with E-state index in [9.17, 15) is 0 Å². The van der Waals surface area contributed by atoms with Crippen molar-refractivity contribution in [3.63, 3.8) is 0 Å². The van der Waals surface area contributed by atoms with E-state index in [1.165, 1.54) is 18.4 Å². The van der Waals surface area contributed by atoms with E-state index in [1.807, 2.05) is 12.1 Å². The Labute approximate surface area is 143 Å². The summed E-state index contributed by atoms with van der Waals surface area (Å²) in [4.78, 5) is 0. The number of thiocarbonyl (C=S) groups is 1. The highest BCUT2D eigenvalue weighted by Gasteiger charge is 2.35. The highest BCUT2D eigenvalue weighted by molar-refractivity contribution is 7.80. The van der Waals surface area contributed by atoms with Gasteiger partial charge in [0.25, 0.3) is 0 Å². The number of ether oxygens (including phenoxy) is 2. The van der Waals surface area contributed by atoms with Gasteiger partial charge in [-0.3, -0.25) is 0 Å². The first-order chi connectivity index (χ1) is 11.2. The summed E-state index contributed by atoms with van der Waals surface area (Å²) >= 11 is 5.42. The van der Waals surface area contributed by atoms with Gasteiger partial charge in [-0.15, -0.1) is 0 Å². The molecule has 0 aromatic heterocycles. The Bertz CT molecular complexity index is 603. The number of fused-ring (bicyclic) bond motifs is 2. The molecule has 2 N–H and O–H groups in total. The Morgan fingerprint density at radius 3 is 2.65 bits per heavy atom. The molecule has 3 atom stereocenters. The number of hydrogen-bond donors (Lipinski definition) is 2. The maximum atomic E-state index is 5.42. The summed E-state index contributed by atoms with van der Waals surface area (Å²) in [5.74, 6) is 2.93. The van der Waals surface area contributed by atoms with E-state index < -0.39 is 0 Å². The van der Waals surface area contributed by atoms with Gasteiger partial charge in [-0.2, -0.15) is 0 Å². The Morgan fingerprint density at radius 1 is 1.17 bits per heavy atom. The molecule has 2 aliphatic rings. The molecule has 23 heavy (non-hydrogen) atoms. The molecule has 0 heterocycles. The maximum absolute atomic E-state index is 5.42. The molecule has 0 saturated heterocycles. The number of hydrogen-bond acceptors (Lipinski definition) is 3. The fraction of sp³-hybridized carbons (Fsp3) is 0.500. The number of allylic oxidation sites excluding steroid dienone is 1. The van der Waals surface area contributed by atoms with E-state index in [-0.39, 0.29) is 0 Å². The second-order valence-corrected chi connectivity index (χ2v) is 6.63. The van der Waals surface area contributed by atoms with Gasteiger partial charge in [0.1, 0.15) is 0 Å². The van der Waals surface area contributed by atoms with Crippen LogP contribution in [0.3, 0.4) is 0 Å². The van der Waals surface area contributed by atoms with Crippen LogP contribution in [0, 0.1) is 11.8 Å². The van der Waals surface area contributed by atoms with Crippen LogP contribution in [0.1, 0.15) is 18.4 Å². The second kappa shape index (κ2) is 7.21. The molecular formula is C18H24N2O2S. The first-order valence-corrected chi connectivity index (χ1v) is 8.54. The van der Waals surface area contributed by atoms with Crippen molar-refractivity contribution in [3.8, 4) is 11.5 Å². The van der Waals surface area contributed by atoms with E-state index in [4.69, 9.17) is 21.7 Å². The van der Waals surface area contributed by atoms with Crippen molar-refractivity contribution < 1.29 is 9.47 Å². The molecule has 3 unspecified atom stereocenters. The molecule has 1 aromatic carbocycles. The second-order valence-electron chi connectivity index (χ2n) is 6.23. The highest BCUT2D eigenvalue weighted by Crippen LogP contribution is 2.38. The summed E-state index contributed by atoms with van der Waals surface area (Å²) in [5.41, 5.74) is 1.20. The summed E-state index contributed by atoms with van der Waals surface area (Å²) in [6.45, 7) is 0.804. The first kappa shape index (κ1) is 16.1. The average Bonchev–Trinajstić information content (AvgIpc) is 3.17. The van der Waals surface area contributed by atoms with Crippen LogP contribution in [0.2, 0.25) is 0 Å². The van der Waals surface area contributed by atoms with E-state index in [1.54, 1.807) is 14.2 Å². The first-order valence-electron chi connectivity index (χ1n) is 8.13. The Morgan fingerprint density at radius 2 is 2.00 bits per heavy atom. The van der Waals surface area contributed by atoms with E-state index in [0.29, 0.717) is 12.0 Å². The molecule has 4 nitrogen and oxygen atoms in total.